The first kappa shape index (κ1) is 15.2. The summed E-state index contributed by atoms with van der Waals surface area (Å²) < 4.78 is 0. The summed E-state index contributed by atoms with van der Waals surface area (Å²) in [4.78, 5) is 11.8. The zero-order chi connectivity index (χ0) is 13.4. The van der Waals surface area contributed by atoms with Crippen molar-refractivity contribution in [2.45, 2.75) is 33.1 Å². The van der Waals surface area contributed by atoms with E-state index in [4.69, 9.17) is 5.73 Å². The highest BCUT2D eigenvalue weighted by atomic mass is 32.1. The second-order valence-electron chi connectivity index (χ2n) is 5.17. The number of rotatable bonds is 8. The van der Waals surface area contributed by atoms with Gasteiger partial charge in [-0.3, -0.25) is 4.79 Å². The van der Waals surface area contributed by atoms with Crippen LogP contribution < -0.4 is 11.1 Å². The molecule has 3 N–H and O–H groups in total. The van der Waals surface area contributed by atoms with Gasteiger partial charge in [0.2, 0.25) is 5.91 Å². The average Bonchev–Trinajstić information content (AvgIpc) is 2.80. The molecular weight excluding hydrogens is 244 g/mol. The molecule has 0 fully saturated rings. The Hall–Kier alpha value is -0.870. The predicted octanol–water partition coefficient (Wildman–Crippen LogP) is 2.42. The monoisotopic (exact) mass is 268 g/mol. The molecule has 0 aliphatic rings. The van der Waals surface area contributed by atoms with Crippen LogP contribution in [0.3, 0.4) is 0 Å². The zero-order valence-corrected chi connectivity index (χ0v) is 12.1. The molecule has 102 valence electrons. The lowest BCUT2D eigenvalue weighted by atomic mass is 9.94. The topological polar surface area (TPSA) is 55.1 Å². The minimum absolute atomic E-state index is 0.126. The van der Waals surface area contributed by atoms with Crippen LogP contribution in [0.15, 0.2) is 16.8 Å². The van der Waals surface area contributed by atoms with Crippen molar-refractivity contribution in [3.8, 4) is 0 Å². The van der Waals surface area contributed by atoms with E-state index in [1.165, 1.54) is 5.56 Å². The van der Waals surface area contributed by atoms with E-state index in [2.05, 4.69) is 36.0 Å². The predicted molar refractivity (Wildman–Crippen MR) is 77.6 cm³/mol. The Morgan fingerprint density at radius 2 is 2.28 bits per heavy atom. The minimum atomic E-state index is 0.126. The van der Waals surface area contributed by atoms with E-state index >= 15 is 0 Å². The summed E-state index contributed by atoms with van der Waals surface area (Å²) in [5.41, 5.74) is 6.99. The van der Waals surface area contributed by atoms with Gasteiger partial charge in [0.05, 0.1) is 0 Å². The quantitative estimate of drug-likeness (QED) is 0.761. The van der Waals surface area contributed by atoms with Crippen molar-refractivity contribution < 1.29 is 4.79 Å². The van der Waals surface area contributed by atoms with Crippen LogP contribution in [0.5, 0.6) is 0 Å². The molecule has 1 aromatic heterocycles. The van der Waals surface area contributed by atoms with E-state index in [0.717, 1.165) is 12.8 Å². The molecule has 1 heterocycles. The summed E-state index contributed by atoms with van der Waals surface area (Å²) in [5, 5.41) is 7.15. The van der Waals surface area contributed by atoms with Crippen LogP contribution in [0.2, 0.25) is 0 Å². The Bertz CT molecular complexity index is 336. The molecule has 0 saturated carbocycles. The third-order valence-corrected chi connectivity index (χ3v) is 3.66. The van der Waals surface area contributed by atoms with Crippen LogP contribution in [0.4, 0.5) is 0 Å². The molecule has 18 heavy (non-hydrogen) atoms. The molecule has 0 radical (unpaired) electrons. The summed E-state index contributed by atoms with van der Waals surface area (Å²) in [6.07, 6.45) is 2.49. The van der Waals surface area contributed by atoms with Gasteiger partial charge in [-0.25, -0.2) is 0 Å². The van der Waals surface area contributed by atoms with Crippen molar-refractivity contribution in [2.24, 2.45) is 17.6 Å². The second-order valence-corrected chi connectivity index (χ2v) is 5.95. The summed E-state index contributed by atoms with van der Waals surface area (Å²) in [5.74, 6) is 1.03. The van der Waals surface area contributed by atoms with Gasteiger partial charge in [0.1, 0.15) is 0 Å². The molecule has 0 aromatic carbocycles. The Labute approximate surface area is 114 Å². The Balaban J connectivity index is 2.19. The van der Waals surface area contributed by atoms with E-state index in [0.29, 0.717) is 31.3 Å². The van der Waals surface area contributed by atoms with E-state index in [1.807, 2.05) is 0 Å². The van der Waals surface area contributed by atoms with Crippen molar-refractivity contribution in [2.75, 3.05) is 13.1 Å². The van der Waals surface area contributed by atoms with Crippen molar-refractivity contribution in [1.82, 2.24) is 5.32 Å². The maximum Gasteiger partial charge on any atom is 0.220 e. The molecule has 1 rings (SSSR count). The van der Waals surface area contributed by atoms with Gasteiger partial charge in [0.25, 0.3) is 0 Å². The van der Waals surface area contributed by atoms with Crippen LogP contribution >= 0.6 is 11.3 Å². The fourth-order valence-electron chi connectivity index (χ4n) is 2.05. The lowest BCUT2D eigenvalue weighted by Crippen LogP contribution is -2.30. The third kappa shape index (κ3) is 6.17. The highest BCUT2D eigenvalue weighted by molar-refractivity contribution is 7.07. The van der Waals surface area contributed by atoms with Gasteiger partial charge in [-0.1, -0.05) is 13.8 Å². The fourth-order valence-corrected chi connectivity index (χ4v) is 2.75. The number of nitrogens with one attached hydrogen (secondary N) is 1. The third-order valence-electron chi connectivity index (χ3n) is 2.93. The van der Waals surface area contributed by atoms with Crippen molar-refractivity contribution in [3.63, 3.8) is 0 Å². The highest BCUT2D eigenvalue weighted by Crippen LogP contribution is 2.14. The number of hydrogen-bond donors (Lipinski definition) is 2. The van der Waals surface area contributed by atoms with Gasteiger partial charge in [-0.2, -0.15) is 11.3 Å². The first-order valence-electron chi connectivity index (χ1n) is 6.59. The van der Waals surface area contributed by atoms with Gasteiger partial charge in [-0.05, 0) is 53.6 Å². The van der Waals surface area contributed by atoms with E-state index in [-0.39, 0.29) is 5.91 Å². The van der Waals surface area contributed by atoms with Crippen molar-refractivity contribution in [3.05, 3.63) is 22.4 Å². The molecule has 4 heteroatoms. The number of nitrogens with two attached hydrogens (primary N) is 1. The Morgan fingerprint density at radius 3 is 2.83 bits per heavy atom. The van der Waals surface area contributed by atoms with E-state index in [1.54, 1.807) is 11.3 Å². The first-order chi connectivity index (χ1) is 8.61. The minimum Gasteiger partial charge on any atom is -0.356 e. The summed E-state index contributed by atoms with van der Waals surface area (Å²) in [6, 6.07) is 2.10. The maximum atomic E-state index is 11.8. The van der Waals surface area contributed by atoms with Crippen LogP contribution in [0, 0.1) is 11.8 Å². The van der Waals surface area contributed by atoms with E-state index in [9.17, 15) is 4.79 Å². The zero-order valence-electron chi connectivity index (χ0n) is 11.3. The standard InChI is InChI=1S/C14H24N2OS/c1-11(2)7-13(9-15)8-14(17)16-5-3-12-4-6-18-10-12/h4,6,10-11,13H,3,5,7-9,15H2,1-2H3,(H,16,17). The second kappa shape index (κ2) is 8.27. The first-order valence-corrected chi connectivity index (χ1v) is 7.54. The fraction of sp³-hybridized carbons (Fsp3) is 0.643. The SMILES string of the molecule is CC(C)CC(CN)CC(=O)NCCc1ccsc1. The molecule has 1 amide bonds. The number of hydrogen-bond acceptors (Lipinski definition) is 3. The molecular formula is C14H24N2OS. The van der Waals surface area contributed by atoms with Crippen molar-refractivity contribution in [1.29, 1.82) is 0 Å². The van der Waals surface area contributed by atoms with Crippen LogP contribution in [0.1, 0.15) is 32.3 Å². The molecule has 0 aliphatic carbocycles. The number of thiophene rings is 1. The number of carbonyl (C=O) groups is 1. The molecule has 0 aliphatic heterocycles. The van der Waals surface area contributed by atoms with Gasteiger partial charge >= 0.3 is 0 Å². The molecule has 0 bridgehead atoms. The Kier molecular flexibility index (Phi) is 6.98. The van der Waals surface area contributed by atoms with Crippen molar-refractivity contribution >= 4 is 17.2 Å². The molecule has 3 nitrogen and oxygen atoms in total. The van der Waals surface area contributed by atoms with Crippen LogP contribution in [-0.2, 0) is 11.2 Å². The van der Waals surface area contributed by atoms with Gasteiger partial charge in [0, 0.05) is 13.0 Å². The maximum absolute atomic E-state index is 11.8. The van der Waals surface area contributed by atoms with E-state index < -0.39 is 0 Å². The van der Waals surface area contributed by atoms with Crippen LogP contribution in [-0.4, -0.2) is 19.0 Å². The lowest BCUT2D eigenvalue weighted by Gasteiger charge is -2.16. The highest BCUT2D eigenvalue weighted by Gasteiger charge is 2.13. The molecule has 0 saturated heterocycles. The lowest BCUT2D eigenvalue weighted by molar-refractivity contribution is -0.122. The molecule has 0 spiro atoms. The molecule has 1 atom stereocenters. The van der Waals surface area contributed by atoms with Crippen LogP contribution in [0.25, 0.3) is 0 Å². The molecule has 1 unspecified atom stereocenters. The number of carbonyl (C=O) groups excluding carboxylic acids is 1. The Morgan fingerprint density at radius 1 is 1.50 bits per heavy atom. The summed E-state index contributed by atoms with van der Waals surface area (Å²) in [7, 11) is 0. The largest absolute Gasteiger partial charge is 0.356 e. The average molecular weight is 268 g/mol. The van der Waals surface area contributed by atoms with Gasteiger partial charge in [0.15, 0.2) is 0 Å². The van der Waals surface area contributed by atoms with Gasteiger partial charge < -0.3 is 11.1 Å². The normalized spacial score (nSPS) is 12.7. The smallest absolute Gasteiger partial charge is 0.220 e. The number of amides is 1. The summed E-state index contributed by atoms with van der Waals surface area (Å²) >= 11 is 1.69. The summed E-state index contributed by atoms with van der Waals surface area (Å²) in [6.45, 7) is 5.64. The van der Waals surface area contributed by atoms with Gasteiger partial charge in [-0.15, -0.1) is 0 Å². The molecule has 1 aromatic rings.